The Morgan fingerprint density at radius 3 is 2.67 bits per heavy atom. The molecule has 0 fully saturated rings. The SMILES string of the molecule is CCC(O)[C@@H](O)Oc1ccc(Br)c(F)c1. The molecule has 0 amide bonds. The molecule has 1 aromatic carbocycles. The second-order valence-electron chi connectivity index (χ2n) is 3.06. The van der Waals surface area contributed by atoms with Crippen LogP contribution in [0.4, 0.5) is 4.39 Å². The lowest BCUT2D eigenvalue weighted by Gasteiger charge is -2.17. The van der Waals surface area contributed by atoms with Crippen molar-refractivity contribution in [1.82, 2.24) is 0 Å². The molecule has 2 atom stereocenters. The number of ether oxygens (including phenoxy) is 1. The van der Waals surface area contributed by atoms with Crippen LogP contribution in [0, 0.1) is 5.82 Å². The Balaban J connectivity index is 2.68. The van der Waals surface area contributed by atoms with Gasteiger partial charge in [-0.25, -0.2) is 4.39 Å². The Labute approximate surface area is 95.6 Å². The lowest BCUT2D eigenvalue weighted by Crippen LogP contribution is -2.30. The van der Waals surface area contributed by atoms with Crippen LogP contribution in [0.15, 0.2) is 22.7 Å². The van der Waals surface area contributed by atoms with E-state index in [0.29, 0.717) is 10.9 Å². The summed E-state index contributed by atoms with van der Waals surface area (Å²) < 4.78 is 18.3. The van der Waals surface area contributed by atoms with E-state index in [2.05, 4.69) is 15.9 Å². The number of benzene rings is 1. The van der Waals surface area contributed by atoms with E-state index >= 15 is 0 Å². The number of hydrogen-bond acceptors (Lipinski definition) is 3. The molecule has 0 aromatic heterocycles. The Bertz CT molecular complexity index is 332. The molecule has 0 saturated carbocycles. The highest BCUT2D eigenvalue weighted by atomic mass is 79.9. The molecule has 0 radical (unpaired) electrons. The third-order valence-electron chi connectivity index (χ3n) is 1.90. The molecular formula is C10H12BrFO3. The highest BCUT2D eigenvalue weighted by molar-refractivity contribution is 9.10. The van der Waals surface area contributed by atoms with Crippen LogP contribution in [-0.4, -0.2) is 22.6 Å². The van der Waals surface area contributed by atoms with Crippen LogP contribution in [0.1, 0.15) is 13.3 Å². The summed E-state index contributed by atoms with van der Waals surface area (Å²) >= 11 is 3.00. The average Bonchev–Trinajstić information content (AvgIpc) is 2.22. The van der Waals surface area contributed by atoms with Gasteiger partial charge in [0.2, 0.25) is 6.29 Å². The lowest BCUT2D eigenvalue weighted by molar-refractivity contribution is -0.104. The van der Waals surface area contributed by atoms with Gasteiger partial charge in [-0.05, 0) is 34.5 Å². The van der Waals surface area contributed by atoms with E-state index in [0.717, 1.165) is 6.07 Å². The van der Waals surface area contributed by atoms with Gasteiger partial charge in [0.15, 0.2) is 0 Å². The fraction of sp³-hybridized carbons (Fsp3) is 0.400. The number of aliphatic hydroxyl groups is 2. The van der Waals surface area contributed by atoms with Gasteiger partial charge in [0.1, 0.15) is 17.7 Å². The minimum atomic E-state index is -1.34. The fourth-order valence-corrected chi connectivity index (χ4v) is 1.22. The lowest BCUT2D eigenvalue weighted by atomic mass is 10.2. The van der Waals surface area contributed by atoms with Gasteiger partial charge in [-0.15, -0.1) is 0 Å². The minimum Gasteiger partial charge on any atom is -0.462 e. The topological polar surface area (TPSA) is 49.7 Å². The van der Waals surface area contributed by atoms with Crippen molar-refractivity contribution in [2.75, 3.05) is 0 Å². The monoisotopic (exact) mass is 278 g/mol. The van der Waals surface area contributed by atoms with Gasteiger partial charge in [0.25, 0.3) is 0 Å². The summed E-state index contributed by atoms with van der Waals surface area (Å²) in [4.78, 5) is 0. The van der Waals surface area contributed by atoms with Gasteiger partial charge >= 0.3 is 0 Å². The van der Waals surface area contributed by atoms with Gasteiger partial charge in [-0.2, -0.15) is 0 Å². The van der Waals surface area contributed by atoms with Gasteiger partial charge in [0.05, 0.1) is 4.47 Å². The van der Waals surface area contributed by atoms with Crippen molar-refractivity contribution in [2.24, 2.45) is 0 Å². The zero-order chi connectivity index (χ0) is 11.4. The summed E-state index contributed by atoms with van der Waals surface area (Å²) in [5.41, 5.74) is 0. The molecule has 0 aliphatic heterocycles. The van der Waals surface area contributed by atoms with Crippen LogP contribution in [0.3, 0.4) is 0 Å². The minimum absolute atomic E-state index is 0.177. The first-order valence-corrected chi connectivity index (χ1v) is 5.31. The van der Waals surface area contributed by atoms with Gasteiger partial charge < -0.3 is 14.9 Å². The van der Waals surface area contributed by atoms with E-state index in [-0.39, 0.29) is 5.75 Å². The first kappa shape index (κ1) is 12.4. The summed E-state index contributed by atoms with van der Waals surface area (Å²) in [5.74, 6) is -0.304. The molecule has 0 aliphatic carbocycles. The highest BCUT2D eigenvalue weighted by Gasteiger charge is 2.16. The van der Waals surface area contributed by atoms with E-state index in [1.807, 2.05) is 0 Å². The van der Waals surface area contributed by atoms with Crippen LogP contribution < -0.4 is 4.74 Å². The standard InChI is InChI=1S/C10H12BrFO3/c1-2-9(13)10(14)15-6-3-4-7(11)8(12)5-6/h3-5,9-10,13-14H,2H2,1H3/t9?,10-/m0/s1. The molecule has 3 nitrogen and oxygen atoms in total. The summed E-state index contributed by atoms with van der Waals surface area (Å²) in [5, 5.41) is 18.6. The maximum absolute atomic E-state index is 13.0. The smallest absolute Gasteiger partial charge is 0.223 e. The van der Waals surface area contributed by atoms with E-state index in [4.69, 9.17) is 4.74 Å². The molecule has 0 aliphatic rings. The first-order valence-electron chi connectivity index (χ1n) is 4.52. The molecule has 0 heterocycles. The van der Waals surface area contributed by atoms with Crippen molar-refractivity contribution in [1.29, 1.82) is 0 Å². The largest absolute Gasteiger partial charge is 0.462 e. The zero-order valence-electron chi connectivity index (χ0n) is 8.15. The summed E-state index contributed by atoms with van der Waals surface area (Å²) in [6, 6.07) is 4.10. The Hall–Kier alpha value is -0.650. The van der Waals surface area contributed by atoms with Crippen molar-refractivity contribution in [3.63, 3.8) is 0 Å². The van der Waals surface area contributed by atoms with Crippen LogP contribution in [0.5, 0.6) is 5.75 Å². The zero-order valence-corrected chi connectivity index (χ0v) is 9.74. The summed E-state index contributed by atoms with van der Waals surface area (Å²) in [6.07, 6.45) is -1.95. The van der Waals surface area contributed by atoms with Crippen molar-refractivity contribution in [2.45, 2.75) is 25.7 Å². The second-order valence-corrected chi connectivity index (χ2v) is 3.91. The maximum Gasteiger partial charge on any atom is 0.223 e. The molecule has 2 N–H and O–H groups in total. The van der Waals surface area contributed by atoms with Crippen molar-refractivity contribution in [3.05, 3.63) is 28.5 Å². The van der Waals surface area contributed by atoms with Crippen LogP contribution in [0.2, 0.25) is 0 Å². The van der Waals surface area contributed by atoms with Crippen molar-refractivity contribution in [3.8, 4) is 5.75 Å². The molecular weight excluding hydrogens is 267 g/mol. The average molecular weight is 279 g/mol. The predicted octanol–water partition coefficient (Wildman–Crippen LogP) is 2.06. The number of hydrogen-bond donors (Lipinski definition) is 2. The van der Waals surface area contributed by atoms with Gasteiger partial charge in [-0.3, -0.25) is 0 Å². The normalized spacial score (nSPS) is 14.7. The van der Waals surface area contributed by atoms with E-state index in [9.17, 15) is 14.6 Å². The number of halogens is 2. The van der Waals surface area contributed by atoms with Gasteiger partial charge in [0, 0.05) is 6.07 Å². The van der Waals surface area contributed by atoms with Crippen molar-refractivity contribution >= 4 is 15.9 Å². The molecule has 1 aromatic rings. The Morgan fingerprint density at radius 2 is 2.13 bits per heavy atom. The number of aliphatic hydroxyl groups excluding tert-OH is 2. The molecule has 0 saturated heterocycles. The Kier molecular flexibility index (Phi) is 4.50. The van der Waals surface area contributed by atoms with Crippen LogP contribution >= 0.6 is 15.9 Å². The van der Waals surface area contributed by atoms with E-state index in [1.54, 1.807) is 6.92 Å². The molecule has 5 heteroatoms. The molecule has 15 heavy (non-hydrogen) atoms. The van der Waals surface area contributed by atoms with E-state index < -0.39 is 18.2 Å². The highest BCUT2D eigenvalue weighted by Crippen LogP contribution is 2.22. The van der Waals surface area contributed by atoms with E-state index in [1.165, 1.54) is 12.1 Å². The summed E-state index contributed by atoms with van der Waals surface area (Å²) in [6.45, 7) is 1.71. The summed E-state index contributed by atoms with van der Waals surface area (Å²) in [7, 11) is 0. The molecule has 84 valence electrons. The molecule has 1 rings (SSSR count). The molecule has 1 unspecified atom stereocenters. The first-order chi connectivity index (χ1) is 7.04. The predicted molar refractivity (Wildman–Crippen MR) is 57.0 cm³/mol. The third kappa shape index (κ3) is 3.44. The van der Waals surface area contributed by atoms with Crippen LogP contribution in [0.25, 0.3) is 0 Å². The molecule has 0 bridgehead atoms. The number of rotatable bonds is 4. The molecule has 0 spiro atoms. The van der Waals surface area contributed by atoms with Crippen LogP contribution in [-0.2, 0) is 0 Å². The second kappa shape index (κ2) is 5.44. The quantitative estimate of drug-likeness (QED) is 0.829. The van der Waals surface area contributed by atoms with Gasteiger partial charge in [-0.1, -0.05) is 6.92 Å². The van der Waals surface area contributed by atoms with Crippen molar-refractivity contribution < 1.29 is 19.3 Å². The Morgan fingerprint density at radius 1 is 1.47 bits per heavy atom. The third-order valence-corrected chi connectivity index (χ3v) is 2.54. The maximum atomic E-state index is 13.0. The fourth-order valence-electron chi connectivity index (χ4n) is 0.970.